The van der Waals surface area contributed by atoms with Crippen molar-refractivity contribution in [3.05, 3.63) is 109 Å². The van der Waals surface area contributed by atoms with Crippen molar-refractivity contribution in [3.63, 3.8) is 0 Å². The summed E-state index contributed by atoms with van der Waals surface area (Å²) >= 11 is 6.15. The van der Waals surface area contributed by atoms with Crippen LogP contribution in [0.5, 0.6) is 0 Å². The number of nitrogens with zero attached hydrogens (tertiary/aromatic N) is 3. The van der Waals surface area contributed by atoms with Crippen LogP contribution < -0.4 is 21.9 Å². The van der Waals surface area contributed by atoms with Gasteiger partial charge in [0.15, 0.2) is 0 Å². The minimum Gasteiger partial charge on any atom is -0.325 e. The van der Waals surface area contributed by atoms with E-state index in [-0.39, 0.29) is 40.8 Å². The first-order valence-electron chi connectivity index (χ1n) is 14.0. The number of fused-ring (bicyclic) bond motifs is 3. The molecule has 4 aromatic rings. The fraction of sp³-hybridized carbons (Fsp3) is 0.258. The van der Waals surface area contributed by atoms with Gasteiger partial charge in [-0.3, -0.25) is 23.5 Å². The lowest BCUT2D eigenvalue weighted by molar-refractivity contribution is -0.120. The Labute approximate surface area is 261 Å². The Kier molecular flexibility index (Phi) is 7.69. The van der Waals surface area contributed by atoms with E-state index in [0.29, 0.717) is 24.3 Å². The van der Waals surface area contributed by atoms with Gasteiger partial charge in [0, 0.05) is 42.0 Å². The van der Waals surface area contributed by atoms with E-state index in [9.17, 15) is 32.0 Å². The Morgan fingerprint density at radius 1 is 1.09 bits per heavy atom. The van der Waals surface area contributed by atoms with Gasteiger partial charge >= 0.3 is 5.69 Å². The maximum absolute atomic E-state index is 14.3. The third kappa shape index (κ3) is 5.69. The van der Waals surface area contributed by atoms with Crippen molar-refractivity contribution in [1.29, 1.82) is 0 Å². The molecule has 0 bridgehead atoms. The normalized spacial score (nSPS) is 16.8. The molecular weight excluding hydrogens is 625 g/mol. The summed E-state index contributed by atoms with van der Waals surface area (Å²) in [6.07, 6.45) is 4.69. The van der Waals surface area contributed by atoms with Crippen LogP contribution in [0.3, 0.4) is 0 Å². The first-order valence-corrected chi connectivity index (χ1v) is 16.5. The van der Waals surface area contributed by atoms with Crippen LogP contribution in [0.4, 0.5) is 15.9 Å². The number of anilines is 2. The monoisotopic (exact) mass is 651 g/mol. The Bertz CT molecular complexity index is 2130. The maximum Gasteiger partial charge on any atom is 0.331 e. The average molecular weight is 652 g/mol. The zero-order valence-corrected chi connectivity index (χ0v) is 25.5. The summed E-state index contributed by atoms with van der Waals surface area (Å²) < 4.78 is 39.4. The topological polar surface area (TPSA) is 149 Å². The molecule has 2 amide bonds. The van der Waals surface area contributed by atoms with E-state index in [0.717, 1.165) is 44.3 Å². The molecule has 0 fully saturated rings. The van der Waals surface area contributed by atoms with Gasteiger partial charge in [0.05, 0.1) is 21.8 Å². The molecule has 0 unspecified atom stereocenters. The quantitative estimate of drug-likeness (QED) is 0.298. The molecule has 0 saturated heterocycles. The summed E-state index contributed by atoms with van der Waals surface area (Å²) in [7, 11) is -3.37. The predicted octanol–water partition coefficient (Wildman–Crippen LogP) is 2.93. The van der Waals surface area contributed by atoms with E-state index in [1.54, 1.807) is 24.4 Å². The van der Waals surface area contributed by atoms with Crippen LogP contribution in [0.2, 0.25) is 5.02 Å². The lowest BCUT2D eigenvalue weighted by Gasteiger charge is -2.20. The third-order valence-electron chi connectivity index (χ3n) is 8.15. The van der Waals surface area contributed by atoms with Gasteiger partial charge < -0.3 is 10.6 Å². The van der Waals surface area contributed by atoms with Gasteiger partial charge in [-0.2, -0.15) is 0 Å². The standard InChI is InChI=1S/C31H27ClFN5O6S/c1-45(43,44)12-4-11-38-28(40)22(21-5-2-7-24(33)26(21)32)16-37(30(38)42)17-25(39)35-20-9-8-18-14-31(15-19(18)13-20)23-6-3-10-34-27(23)36-29(31)41/h2-3,5-10,13,16H,4,11-12,14-15,17H2,1H3,(H,35,39)(H,34,36,41)/t31-/m1/s1. The van der Waals surface area contributed by atoms with Crippen LogP contribution in [0.15, 0.2) is 70.5 Å². The van der Waals surface area contributed by atoms with Gasteiger partial charge in [-0.25, -0.2) is 22.6 Å². The number of hydrogen-bond acceptors (Lipinski definition) is 7. The number of hydrogen-bond donors (Lipinski definition) is 2. The summed E-state index contributed by atoms with van der Waals surface area (Å²) in [5.41, 5.74) is 0.620. The van der Waals surface area contributed by atoms with E-state index >= 15 is 0 Å². The second-order valence-electron chi connectivity index (χ2n) is 11.3. The molecule has 11 nitrogen and oxygen atoms in total. The molecule has 0 saturated carbocycles. The van der Waals surface area contributed by atoms with Crippen LogP contribution in [0, 0.1) is 5.82 Å². The van der Waals surface area contributed by atoms with Crippen LogP contribution in [-0.2, 0) is 50.8 Å². The van der Waals surface area contributed by atoms with E-state index < -0.39 is 44.8 Å². The number of pyridine rings is 1. The third-order valence-corrected chi connectivity index (χ3v) is 9.57. The number of rotatable bonds is 8. The molecule has 1 aliphatic carbocycles. The Morgan fingerprint density at radius 2 is 1.87 bits per heavy atom. The molecule has 1 aliphatic heterocycles. The predicted molar refractivity (Wildman–Crippen MR) is 167 cm³/mol. The number of sulfone groups is 1. The highest BCUT2D eigenvalue weighted by atomic mass is 35.5. The Morgan fingerprint density at radius 3 is 2.64 bits per heavy atom. The number of nitrogens with one attached hydrogen (secondary N) is 2. The highest BCUT2D eigenvalue weighted by molar-refractivity contribution is 7.90. The van der Waals surface area contributed by atoms with Crippen molar-refractivity contribution in [2.45, 2.75) is 37.8 Å². The molecule has 3 heterocycles. The van der Waals surface area contributed by atoms with Crippen molar-refractivity contribution in [3.8, 4) is 11.1 Å². The average Bonchev–Trinajstić information content (AvgIpc) is 3.50. The highest BCUT2D eigenvalue weighted by Gasteiger charge is 2.51. The lowest BCUT2D eigenvalue weighted by atomic mass is 9.79. The van der Waals surface area contributed by atoms with Crippen LogP contribution >= 0.6 is 11.6 Å². The maximum atomic E-state index is 14.3. The largest absolute Gasteiger partial charge is 0.331 e. The van der Waals surface area contributed by atoms with Gasteiger partial charge in [0.25, 0.3) is 5.56 Å². The van der Waals surface area contributed by atoms with Gasteiger partial charge in [-0.15, -0.1) is 0 Å². The van der Waals surface area contributed by atoms with E-state index in [1.165, 1.54) is 12.1 Å². The first kappa shape index (κ1) is 30.4. The SMILES string of the molecule is CS(=O)(=O)CCCn1c(=O)c(-c2cccc(F)c2Cl)cn(CC(=O)Nc2ccc3c(c2)C[C@@]2(C3)C(=O)Nc3ncccc32)c1=O. The van der Waals surface area contributed by atoms with Crippen molar-refractivity contribution in [2.75, 3.05) is 22.6 Å². The van der Waals surface area contributed by atoms with Crippen molar-refractivity contribution in [1.82, 2.24) is 14.1 Å². The summed E-state index contributed by atoms with van der Waals surface area (Å²) in [6, 6.07) is 12.9. The van der Waals surface area contributed by atoms with Gasteiger partial charge in [0.1, 0.15) is 28.0 Å². The van der Waals surface area contributed by atoms with Crippen molar-refractivity contribution in [2.24, 2.45) is 0 Å². The summed E-state index contributed by atoms with van der Waals surface area (Å²) in [6.45, 7) is -0.750. The molecule has 45 heavy (non-hydrogen) atoms. The second-order valence-corrected chi connectivity index (χ2v) is 14.0. The smallest absolute Gasteiger partial charge is 0.325 e. The van der Waals surface area contributed by atoms with Crippen molar-refractivity contribution < 1.29 is 22.4 Å². The van der Waals surface area contributed by atoms with Gasteiger partial charge in [0.2, 0.25) is 11.8 Å². The number of amides is 2. The number of carbonyl (C=O) groups excluding carboxylic acids is 2. The van der Waals surface area contributed by atoms with E-state index in [4.69, 9.17) is 11.6 Å². The molecule has 14 heteroatoms. The van der Waals surface area contributed by atoms with Gasteiger partial charge in [-0.05, 0) is 54.7 Å². The number of benzene rings is 2. The van der Waals surface area contributed by atoms with Gasteiger partial charge in [-0.1, -0.05) is 35.9 Å². The summed E-state index contributed by atoms with van der Waals surface area (Å²) in [5, 5.41) is 5.29. The number of halogens is 2. The minimum absolute atomic E-state index is 0.0213. The molecular formula is C31H27ClFN5O6S. The number of aromatic nitrogens is 3. The Hall–Kier alpha value is -4.62. The first-order chi connectivity index (χ1) is 21.4. The second kappa shape index (κ2) is 11.4. The van der Waals surface area contributed by atoms with Crippen LogP contribution in [-0.4, -0.2) is 46.4 Å². The van der Waals surface area contributed by atoms with E-state index in [1.807, 2.05) is 12.1 Å². The minimum atomic E-state index is -3.37. The van der Waals surface area contributed by atoms with Crippen LogP contribution in [0.1, 0.15) is 23.1 Å². The molecule has 2 N–H and O–H groups in total. The molecule has 1 atom stereocenters. The fourth-order valence-corrected chi connectivity index (χ4v) is 6.93. The summed E-state index contributed by atoms with van der Waals surface area (Å²) in [4.78, 5) is 57.2. The molecule has 1 spiro atoms. The number of carbonyl (C=O) groups is 2. The van der Waals surface area contributed by atoms with Crippen molar-refractivity contribution >= 4 is 44.8 Å². The highest BCUT2D eigenvalue weighted by Crippen LogP contribution is 2.46. The van der Waals surface area contributed by atoms with Crippen LogP contribution in [0.25, 0.3) is 11.1 Å². The summed E-state index contributed by atoms with van der Waals surface area (Å²) in [5.74, 6) is -1.21. The molecule has 6 rings (SSSR count). The lowest BCUT2D eigenvalue weighted by Crippen LogP contribution is -2.42. The molecule has 2 aromatic heterocycles. The Balaban J connectivity index is 1.27. The molecule has 2 aliphatic rings. The zero-order chi connectivity index (χ0) is 32.1. The molecule has 232 valence electrons. The fourth-order valence-electron chi connectivity index (χ4n) is 6.05. The molecule has 0 radical (unpaired) electrons. The molecule has 2 aromatic carbocycles. The van der Waals surface area contributed by atoms with E-state index in [2.05, 4.69) is 15.6 Å². The zero-order valence-electron chi connectivity index (χ0n) is 24.0.